The van der Waals surface area contributed by atoms with Gasteiger partial charge in [0.15, 0.2) is 0 Å². The van der Waals surface area contributed by atoms with E-state index in [-0.39, 0.29) is 5.91 Å². The summed E-state index contributed by atoms with van der Waals surface area (Å²) in [6.45, 7) is 6.59. The van der Waals surface area contributed by atoms with Crippen LogP contribution in [-0.2, 0) is 11.2 Å². The maximum absolute atomic E-state index is 12.3. The second-order valence-electron chi connectivity index (χ2n) is 4.97. The van der Waals surface area contributed by atoms with Crippen LogP contribution in [0.3, 0.4) is 0 Å². The van der Waals surface area contributed by atoms with Crippen LogP contribution in [-0.4, -0.2) is 48.4 Å². The number of carbonyl (C=O) groups is 1. The number of thiophene rings is 1. The molecule has 2 rings (SSSR count). The van der Waals surface area contributed by atoms with E-state index in [1.807, 2.05) is 22.4 Å². The average molecular weight is 290 g/mol. The minimum Gasteiger partial charge on any atom is -0.341 e. The first-order chi connectivity index (χ1) is 9.79. The van der Waals surface area contributed by atoms with Crippen molar-refractivity contribution in [1.82, 2.24) is 9.80 Å². The molecule has 0 aromatic carbocycles. The van der Waals surface area contributed by atoms with Crippen LogP contribution in [0.25, 0.3) is 0 Å². The lowest BCUT2D eigenvalue weighted by Crippen LogP contribution is -2.36. The molecular weight excluding hydrogens is 268 g/mol. The lowest BCUT2D eigenvalue weighted by atomic mass is 10.3. The molecular formula is C16H22N2OS. The largest absolute Gasteiger partial charge is 0.341 e. The predicted molar refractivity (Wildman–Crippen MR) is 83.7 cm³/mol. The van der Waals surface area contributed by atoms with Crippen molar-refractivity contribution < 1.29 is 4.79 Å². The van der Waals surface area contributed by atoms with Gasteiger partial charge in [-0.05, 0) is 17.9 Å². The van der Waals surface area contributed by atoms with Crippen LogP contribution in [0.1, 0.15) is 24.6 Å². The molecule has 1 amide bonds. The zero-order valence-electron chi connectivity index (χ0n) is 12.1. The number of nitrogens with zero attached hydrogens (tertiary/aromatic N) is 2. The molecule has 0 spiro atoms. The highest BCUT2D eigenvalue weighted by Crippen LogP contribution is 2.12. The van der Waals surface area contributed by atoms with Gasteiger partial charge in [-0.2, -0.15) is 0 Å². The van der Waals surface area contributed by atoms with Gasteiger partial charge in [0, 0.05) is 37.5 Å². The van der Waals surface area contributed by atoms with Gasteiger partial charge in [0.05, 0.1) is 13.0 Å². The summed E-state index contributed by atoms with van der Waals surface area (Å²) in [5.74, 6) is 6.55. The lowest BCUT2D eigenvalue weighted by Gasteiger charge is -2.20. The topological polar surface area (TPSA) is 23.6 Å². The summed E-state index contributed by atoms with van der Waals surface area (Å²) < 4.78 is 0. The van der Waals surface area contributed by atoms with Gasteiger partial charge in [0.1, 0.15) is 0 Å². The minimum atomic E-state index is 0.258. The van der Waals surface area contributed by atoms with Gasteiger partial charge < -0.3 is 4.90 Å². The Labute approximate surface area is 125 Å². The summed E-state index contributed by atoms with van der Waals surface area (Å²) in [5.41, 5.74) is 0. The quantitative estimate of drug-likeness (QED) is 0.797. The first-order valence-electron chi connectivity index (χ1n) is 7.28. The Kier molecular flexibility index (Phi) is 6.10. The fourth-order valence-corrected chi connectivity index (χ4v) is 3.04. The van der Waals surface area contributed by atoms with Crippen molar-refractivity contribution in [2.45, 2.75) is 26.2 Å². The van der Waals surface area contributed by atoms with Crippen LogP contribution in [0.2, 0.25) is 0 Å². The third-order valence-corrected chi connectivity index (χ3v) is 4.33. The molecule has 0 aliphatic carbocycles. The van der Waals surface area contributed by atoms with E-state index in [2.05, 4.69) is 23.7 Å². The van der Waals surface area contributed by atoms with Gasteiger partial charge in [0.25, 0.3) is 0 Å². The van der Waals surface area contributed by atoms with E-state index in [1.165, 1.54) is 0 Å². The lowest BCUT2D eigenvalue weighted by molar-refractivity contribution is -0.130. The molecule has 108 valence electrons. The third kappa shape index (κ3) is 4.66. The second-order valence-corrected chi connectivity index (χ2v) is 6.01. The van der Waals surface area contributed by atoms with E-state index in [9.17, 15) is 4.79 Å². The second kappa shape index (κ2) is 8.08. The molecule has 0 radical (unpaired) electrons. The molecule has 0 atom stereocenters. The summed E-state index contributed by atoms with van der Waals surface area (Å²) in [5, 5.41) is 2.03. The van der Waals surface area contributed by atoms with Crippen LogP contribution >= 0.6 is 11.3 Å². The smallest absolute Gasteiger partial charge is 0.227 e. The molecule has 0 bridgehead atoms. The Hall–Kier alpha value is -1.31. The monoisotopic (exact) mass is 290 g/mol. The summed E-state index contributed by atoms with van der Waals surface area (Å²) >= 11 is 1.66. The Bertz CT molecular complexity index is 472. The molecule has 1 aliphatic rings. The number of carbonyl (C=O) groups excluding carboxylic acids is 1. The van der Waals surface area contributed by atoms with E-state index < -0.39 is 0 Å². The van der Waals surface area contributed by atoms with Gasteiger partial charge in [-0.25, -0.2) is 0 Å². The van der Waals surface area contributed by atoms with Crippen LogP contribution in [0.4, 0.5) is 0 Å². The molecule has 4 heteroatoms. The molecule has 1 aromatic rings. The molecule has 3 nitrogen and oxygen atoms in total. The first kappa shape index (κ1) is 15.1. The molecule has 0 N–H and O–H groups in total. The maximum Gasteiger partial charge on any atom is 0.227 e. The van der Waals surface area contributed by atoms with Crippen molar-refractivity contribution >= 4 is 17.2 Å². The highest BCUT2D eigenvalue weighted by molar-refractivity contribution is 7.10. The zero-order valence-corrected chi connectivity index (χ0v) is 12.9. The molecule has 0 saturated carbocycles. The molecule has 0 unspecified atom stereocenters. The fourth-order valence-electron chi connectivity index (χ4n) is 2.35. The number of rotatable bonds is 3. The molecule has 20 heavy (non-hydrogen) atoms. The van der Waals surface area contributed by atoms with Crippen LogP contribution in [0.5, 0.6) is 0 Å². The molecule has 1 fully saturated rings. The Morgan fingerprint density at radius 2 is 2.20 bits per heavy atom. The Balaban J connectivity index is 1.81. The Morgan fingerprint density at radius 1 is 1.30 bits per heavy atom. The maximum atomic E-state index is 12.3. The van der Waals surface area contributed by atoms with Gasteiger partial charge in [0.2, 0.25) is 5.91 Å². The summed E-state index contributed by atoms with van der Waals surface area (Å²) in [7, 11) is 0. The number of hydrogen-bond acceptors (Lipinski definition) is 3. The Morgan fingerprint density at radius 3 is 2.95 bits per heavy atom. The number of amides is 1. The standard InChI is InChI=1S/C16H22N2OS/c1-2-3-4-8-17-9-6-10-18(12-11-17)16(19)14-15-7-5-13-20-15/h5,7,13H,2,6,8-12,14H2,1H3. The van der Waals surface area contributed by atoms with Crippen molar-refractivity contribution in [3.63, 3.8) is 0 Å². The predicted octanol–water partition coefficient (Wildman–Crippen LogP) is 2.24. The zero-order chi connectivity index (χ0) is 14.2. The van der Waals surface area contributed by atoms with E-state index >= 15 is 0 Å². The van der Waals surface area contributed by atoms with E-state index in [0.717, 1.165) is 50.4 Å². The van der Waals surface area contributed by atoms with Crippen molar-refractivity contribution in [3.05, 3.63) is 22.4 Å². The van der Waals surface area contributed by atoms with Crippen LogP contribution in [0.15, 0.2) is 17.5 Å². The van der Waals surface area contributed by atoms with Gasteiger partial charge in [-0.1, -0.05) is 18.9 Å². The summed E-state index contributed by atoms with van der Waals surface area (Å²) in [6.07, 6.45) is 2.51. The first-order valence-corrected chi connectivity index (χ1v) is 8.16. The van der Waals surface area contributed by atoms with E-state index in [0.29, 0.717) is 6.42 Å². The molecule has 2 heterocycles. The third-order valence-electron chi connectivity index (χ3n) is 3.45. The molecule has 1 aliphatic heterocycles. The number of hydrogen-bond donors (Lipinski definition) is 0. The SMILES string of the molecule is CCC#CCN1CCCN(C(=O)Cc2cccs2)CC1. The van der Waals surface area contributed by atoms with E-state index in [1.54, 1.807) is 11.3 Å². The van der Waals surface area contributed by atoms with Crippen molar-refractivity contribution in [2.24, 2.45) is 0 Å². The summed E-state index contributed by atoms with van der Waals surface area (Å²) in [4.78, 5) is 17.8. The fraction of sp³-hybridized carbons (Fsp3) is 0.562. The van der Waals surface area contributed by atoms with Crippen LogP contribution in [0, 0.1) is 11.8 Å². The van der Waals surface area contributed by atoms with Crippen molar-refractivity contribution in [3.8, 4) is 11.8 Å². The van der Waals surface area contributed by atoms with E-state index in [4.69, 9.17) is 0 Å². The molecule has 1 aromatic heterocycles. The normalized spacial score (nSPS) is 16.4. The average Bonchev–Trinajstić information content (AvgIpc) is 2.83. The highest BCUT2D eigenvalue weighted by Gasteiger charge is 2.18. The summed E-state index contributed by atoms with van der Waals surface area (Å²) in [6, 6.07) is 4.04. The van der Waals surface area contributed by atoms with Gasteiger partial charge in [-0.15, -0.1) is 17.3 Å². The highest BCUT2D eigenvalue weighted by atomic mass is 32.1. The van der Waals surface area contributed by atoms with Crippen molar-refractivity contribution in [2.75, 3.05) is 32.7 Å². The van der Waals surface area contributed by atoms with Gasteiger partial charge >= 0.3 is 0 Å². The van der Waals surface area contributed by atoms with Crippen molar-refractivity contribution in [1.29, 1.82) is 0 Å². The van der Waals surface area contributed by atoms with Crippen LogP contribution < -0.4 is 0 Å². The van der Waals surface area contributed by atoms with Gasteiger partial charge in [-0.3, -0.25) is 9.69 Å². The molecule has 1 saturated heterocycles. The minimum absolute atomic E-state index is 0.258.